The monoisotopic (exact) mass is 284 g/mol. The normalized spacial score (nSPS) is 12.1. The second-order valence-corrected chi connectivity index (χ2v) is 5.62. The van der Waals surface area contributed by atoms with Gasteiger partial charge in [-0.2, -0.15) is 0 Å². The summed E-state index contributed by atoms with van der Waals surface area (Å²) < 4.78 is 4.88. The fraction of sp³-hybridized carbons (Fsp3) is 0.882. The number of aldehydes is 1. The Kier molecular flexibility index (Phi) is 13.9. The highest BCUT2D eigenvalue weighted by Crippen LogP contribution is 2.12. The summed E-state index contributed by atoms with van der Waals surface area (Å²) in [6.45, 7) is 3.83. The average Bonchev–Trinajstić information content (AvgIpc) is 2.44. The molecular weight excluding hydrogens is 252 g/mol. The van der Waals surface area contributed by atoms with Crippen molar-refractivity contribution in [2.45, 2.75) is 97.0 Å². The van der Waals surface area contributed by atoms with E-state index in [9.17, 15) is 9.59 Å². The standard InChI is InChI=1S/C17H32O3/c1-3-4-5-6-7-8-9-10-11-12-13-14-17(19)20-16(2)15-18/h15-16H,3-14H2,1-2H3. The highest BCUT2D eigenvalue weighted by atomic mass is 16.5. The lowest BCUT2D eigenvalue weighted by Crippen LogP contribution is -2.15. The van der Waals surface area contributed by atoms with Gasteiger partial charge in [0.2, 0.25) is 0 Å². The van der Waals surface area contributed by atoms with Crippen molar-refractivity contribution >= 4 is 12.3 Å². The molecule has 1 atom stereocenters. The zero-order chi connectivity index (χ0) is 15.1. The van der Waals surface area contributed by atoms with E-state index in [0.717, 1.165) is 12.8 Å². The molecule has 0 aromatic carbocycles. The number of carbonyl (C=O) groups is 2. The maximum Gasteiger partial charge on any atom is 0.306 e. The predicted molar refractivity (Wildman–Crippen MR) is 82.7 cm³/mol. The molecule has 0 saturated heterocycles. The van der Waals surface area contributed by atoms with Gasteiger partial charge in [-0.05, 0) is 13.3 Å². The molecule has 0 bridgehead atoms. The van der Waals surface area contributed by atoms with Crippen LogP contribution in [0.5, 0.6) is 0 Å². The molecule has 0 saturated carbocycles. The number of unbranched alkanes of at least 4 members (excludes halogenated alkanes) is 10. The van der Waals surface area contributed by atoms with Crippen LogP contribution in [0, 0.1) is 0 Å². The van der Waals surface area contributed by atoms with E-state index in [1.807, 2.05) is 0 Å². The maximum atomic E-state index is 11.3. The molecule has 0 aliphatic rings. The summed E-state index contributed by atoms with van der Waals surface area (Å²) in [6.07, 6.45) is 14.4. The van der Waals surface area contributed by atoms with Gasteiger partial charge in [-0.15, -0.1) is 0 Å². The Morgan fingerprint density at radius 2 is 1.35 bits per heavy atom. The van der Waals surface area contributed by atoms with Crippen molar-refractivity contribution in [1.29, 1.82) is 0 Å². The van der Waals surface area contributed by atoms with Gasteiger partial charge in [0.15, 0.2) is 12.4 Å². The third kappa shape index (κ3) is 13.6. The summed E-state index contributed by atoms with van der Waals surface area (Å²) in [6, 6.07) is 0. The number of hydrogen-bond donors (Lipinski definition) is 0. The first kappa shape index (κ1) is 19.1. The van der Waals surface area contributed by atoms with Crippen molar-refractivity contribution in [2.75, 3.05) is 0 Å². The van der Waals surface area contributed by atoms with E-state index < -0.39 is 6.10 Å². The van der Waals surface area contributed by atoms with E-state index in [-0.39, 0.29) is 5.97 Å². The van der Waals surface area contributed by atoms with Crippen LogP contribution in [0.2, 0.25) is 0 Å². The van der Waals surface area contributed by atoms with E-state index >= 15 is 0 Å². The van der Waals surface area contributed by atoms with Crippen molar-refractivity contribution in [1.82, 2.24) is 0 Å². The Bertz CT molecular complexity index is 238. The predicted octanol–water partition coefficient (Wildman–Crippen LogP) is 4.82. The molecule has 3 heteroatoms. The molecule has 20 heavy (non-hydrogen) atoms. The molecule has 0 spiro atoms. The van der Waals surface area contributed by atoms with Gasteiger partial charge >= 0.3 is 5.97 Å². The maximum absolute atomic E-state index is 11.3. The summed E-state index contributed by atoms with van der Waals surface area (Å²) in [5.41, 5.74) is 0. The van der Waals surface area contributed by atoms with Crippen LogP contribution >= 0.6 is 0 Å². The molecule has 0 aromatic heterocycles. The second kappa shape index (κ2) is 14.5. The van der Waals surface area contributed by atoms with Gasteiger partial charge in [-0.1, -0.05) is 71.1 Å². The molecule has 0 amide bonds. The van der Waals surface area contributed by atoms with Gasteiger partial charge in [0.05, 0.1) is 0 Å². The molecule has 0 heterocycles. The van der Waals surface area contributed by atoms with E-state index in [2.05, 4.69) is 6.92 Å². The zero-order valence-electron chi connectivity index (χ0n) is 13.4. The van der Waals surface area contributed by atoms with Gasteiger partial charge in [0, 0.05) is 6.42 Å². The van der Waals surface area contributed by atoms with Crippen molar-refractivity contribution < 1.29 is 14.3 Å². The van der Waals surface area contributed by atoms with Crippen LogP contribution in [0.15, 0.2) is 0 Å². The van der Waals surface area contributed by atoms with Crippen LogP contribution in [-0.2, 0) is 14.3 Å². The van der Waals surface area contributed by atoms with Crippen LogP contribution in [0.25, 0.3) is 0 Å². The Labute approximate surface area is 124 Å². The summed E-state index contributed by atoms with van der Waals surface area (Å²) in [4.78, 5) is 21.6. The summed E-state index contributed by atoms with van der Waals surface area (Å²) in [5, 5.41) is 0. The van der Waals surface area contributed by atoms with Crippen LogP contribution in [0.3, 0.4) is 0 Å². The number of ether oxygens (including phenoxy) is 1. The Hall–Kier alpha value is -0.860. The highest BCUT2D eigenvalue weighted by molar-refractivity contribution is 5.72. The quantitative estimate of drug-likeness (QED) is 0.261. The zero-order valence-corrected chi connectivity index (χ0v) is 13.4. The Balaban J connectivity index is 3.16. The fourth-order valence-corrected chi connectivity index (χ4v) is 2.23. The summed E-state index contributed by atoms with van der Waals surface area (Å²) in [7, 11) is 0. The molecule has 0 rings (SSSR count). The largest absolute Gasteiger partial charge is 0.455 e. The minimum Gasteiger partial charge on any atom is -0.455 e. The Morgan fingerprint density at radius 1 is 0.900 bits per heavy atom. The number of rotatable bonds is 14. The molecule has 1 unspecified atom stereocenters. The minimum absolute atomic E-state index is 0.250. The molecule has 118 valence electrons. The van der Waals surface area contributed by atoms with Crippen LogP contribution < -0.4 is 0 Å². The SMILES string of the molecule is CCCCCCCCCCCCCC(=O)OC(C)C=O. The third-order valence-corrected chi connectivity index (χ3v) is 3.49. The Morgan fingerprint density at radius 3 is 1.80 bits per heavy atom. The number of carbonyl (C=O) groups excluding carboxylic acids is 2. The molecule has 0 radical (unpaired) electrons. The van der Waals surface area contributed by atoms with Crippen molar-refractivity contribution in [3.8, 4) is 0 Å². The minimum atomic E-state index is -0.602. The van der Waals surface area contributed by atoms with Gasteiger partial charge in [-0.25, -0.2) is 0 Å². The first-order chi connectivity index (χ1) is 9.70. The molecular formula is C17H32O3. The van der Waals surface area contributed by atoms with E-state index in [4.69, 9.17) is 4.74 Å². The molecule has 3 nitrogen and oxygen atoms in total. The summed E-state index contributed by atoms with van der Waals surface area (Å²) >= 11 is 0. The lowest BCUT2D eigenvalue weighted by Gasteiger charge is -2.06. The van der Waals surface area contributed by atoms with E-state index in [1.54, 1.807) is 6.92 Å². The fourth-order valence-electron chi connectivity index (χ4n) is 2.23. The lowest BCUT2D eigenvalue weighted by molar-refractivity contribution is -0.150. The van der Waals surface area contributed by atoms with Crippen LogP contribution in [0.1, 0.15) is 90.9 Å². The van der Waals surface area contributed by atoms with Gasteiger partial charge in [0.25, 0.3) is 0 Å². The average molecular weight is 284 g/mol. The number of hydrogen-bond acceptors (Lipinski definition) is 3. The molecule has 0 aliphatic carbocycles. The van der Waals surface area contributed by atoms with E-state index in [0.29, 0.717) is 12.7 Å². The molecule has 0 aromatic rings. The lowest BCUT2D eigenvalue weighted by atomic mass is 10.1. The first-order valence-corrected chi connectivity index (χ1v) is 8.35. The smallest absolute Gasteiger partial charge is 0.306 e. The highest BCUT2D eigenvalue weighted by Gasteiger charge is 2.07. The topological polar surface area (TPSA) is 43.4 Å². The van der Waals surface area contributed by atoms with Gasteiger partial charge in [0.1, 0.15) is 0 Å². The van der Waals surface area contributed by atoms with E-state index in [1.165, 1.54) is 57.8 Å². The number of esters is 1. The van der Waals surface area contributed by atoms with Gasteiger partial charge in [-0.3, -0.25) is 9.59 Å². The molecule has 0 fully saturated rings. The van der Waals surface area contributed by atoms with Crippen LogP contribution in [0.4, 0.5) is 0 Å². The second-order valence-electron chi connectivity index (χ2n) is 5.62. The molecule has 0 aliphatic heterocycles. The molecule has 0 N–H and O–H groups in total. The first-order valence-electron chi connectivity index (χ1n) is 8.35. The third-order valence-electron chi connectivity index (χ3n) is 3.49. The summed E-state index contributed by atoms with van der Waals surface area (Å²) in [5.74, 6) is -0.250. The van der Waals surface area contributed by atoms with Crippen molar-refractivity contribution in [3.63, 3.8) is 0 Å². The van der Waals surface area contributed by atoms with Crippen molar-refractivity contribution in [3.05, 3.63) is 0 Å². The van der Waals surface area contributed by atoms with Crippen molar-refractivity contribution in [2.24, 2.45) is 0 Å². The van der Waals surface area contributed by atoms with Crippen LogP contribution in [-0.4, -0.2) is 18.4 Å². The van der Waals surface area contributed by atoms with Gasteiger partial charge < -0.3 is 4.74 Å².